The van der Waals surface area contributed by atoms with Gasteiger partial charge in [0.2, 0.25) is 11.8 Å². The maximum Gasteiger partial charge on any atom is 0.254 e. The third-order valence-corrected chi connectivity index (χ3v) is 5.57. The van der Waals surface area contributed by atoms with Crippen molar-refractivity contribution in [1.82, 2.24) is 15.1 Å². The number of hydrogen-bond donors (Lipinski definition) is 0. The van der Waals surface area contributed by atoms with Crippen molar-refractivity contribution in [2.24, 2.45) is 0 Å². The first-order chi connectivity index (χ1) is 15.5. The topological polar surface area (TPSA) is 77.7 Å². The van der Waals surface area contributed by atoms with Gasteiger partial charge in [0, 0.05) is 22.2 Å². The monoisotopic (exact) mass is 475 g/mol. The van der Waals surface area contributed by atoms with Crippen LogP contribution in [0.15, 0.2) is 40.8 Å². The standard InChI is InChI=1S/C23H23Cl2N3O4/c1-3-10-31-21-18(25)11-15(12-19(21)30-2)23(29)28(17-8-9-17)13-20-26-27-22(32-20)14-4-6-16(24)7-5-14/h4-7,11-12,17H,3,8-10,13H2,1-2H3. The number of benzene rings is 2. The molecule has 0 bridgehead atoms. The van der Waals surface area contributed by atoms with E-state index in [4.69, 9.17) is 37.1 Å². The van der Waals surface area contributed by atoms with E-state index in [1.165, 1.54) is 7.11 Å². The molecule has 3 aromatic rings. The number of halogens is 2. The van der Waals surface area contributed by atoms with Crippen LogP contribution < -0.4 is 9.47 Å². The van der Waals surface area contributed by atoms with Crippen molar-refractivity contribution in [2.75, 3.05) is 13.7 Å². The number of hydrogen-bond acceptors (Lipinski definition) is 6. The van der Waals surface area contributed by atoms with Crippen molar-refractivity contribution in [3.8, 4) is 23.0 Å². The number of ether oxygens (including phenoxy) is 2. The van der Waals surface area contributed by atoms with E-state index in [0.717, 1.165) is 24.8 Å². The molecule has 0 N–H and O–H groups in total. The molecule has 0 atom stereocenters. The van der Waals surface area contributed by atoms with Gasteiger partial charge < -0.3 is 18.8 Å². The normalized spacial score (nSPS) is 13.1. The fourth-order valence-electron chi connectivity index (χ4n) is 3.28. The molecule has 1 amide bonds. The minimum atomic E-state index is -0.180. The molecule has 1 aromatic heterocycles. The lowest BCUT2D eigenvalue weighted by molar-refractivity contribution is 0.0714. The van der Waals surface area contributed by atoms with Gasteiger partial charge in [-0.15, -0.1) is 10.2 Å². The molecule has 0 aliphatic heterocycles. The van der Waals surface area contributed by atoms with Crippen LogP contribution in [0, 0.1) is 0 Å². The molecule has 4 rings (SSSR count). The second-order valence-electron chi connectivity index (χ2n) is 7.51. The molecule has 0 radical (unpaired) electrons. The number of rotatable bonds is 9. The van der Waals surface area contributed by atoms with Crippen LogP contribution in [-0.2, 0) is 6.54 Å². The van der Waals surface area contributed by atoms with E-state index >= 15 is 0 Å². The predicted molar refractivity (Wildman–Crippen MR) is 121 cm³/mol. The summed E-state index contributed by atoms with van der Waals surface area (Å²) in [6.07, 6.45) is 2.68. The Morgan fingerprint density at radius 2 is 1.94 bits per heavy atom. The van der Waals surface area contributed by atoms with Crippen molar-refractivity contribution in [2.45, 2.75) is 38.8 Å². The maximum absolute atomic E-state index is 13.4. The van der Waals surface area contributed by atoms with Gasteiger partial charge in [0.25, 0.3) is 5.91 Å². The lowest BCUT2D eigenvalue weighted by atomic mass is 10.1. The van der Waals surface area contributed by atoms with Gasteiger partial charge in [-0.2, -0.15) is 0 Å². The largest absolute Gasteiger partial charge is 0.493 e. The van der Waals surface area contributed by atoms with Crippen molar-refractivity contribution in [3.05, 3.63) is 57.9 Å². The van der Waals surface area contributed by atoms with E-state index in [1.54, 1.807) is 41.3 Å². The fraction of sp³-hybridized carbons (Fsp3) is 0.348. The molecule has 2 aromatic carbocycles. The number of carbonyl (C=O) groups is 1. The van der Waals surface area contributed by atoms with Crippen LogP contribution in [0.2, 0.25) is 10.0 Å². The molecule has 9 heteroatoms. The molecule has 7 nitrogen and oxygen atoms in total. The first-order valence-electron chi connectivity index (χ1n) is 10.4. The second kappa shape index (κ2) is 9.79. The Kier molecular flexibility index (Phi) is 6.86. The van der Waals surface area contributed by atoms with Crippen molar-refractivity contribution in [1.29, 1.82) is 0 Å². The smallest absolute Gasteiger partial charge is 0.254 e. The number of amides is 1. The molecule has 1 aliphatic carbocycles. The summed E-state index contributed by atoms with van der Waals surface area (Å²) in [5.41, 5.74) is 1.18. The molecular weight excluding hydrogens is 453 g/mol. The zero-order valence-electron chi connectivity index (χ0n) is 17.8. The average Bonchev–Trinajstić information content (AvgIpc) is 3.53. The molecule has 0 spiro atoms. The molecule has 0 unspecified atom stereocenters. The van der Waals surface area contributed by atoms with Crippen LogP contribution in [0.5, 0.6) is 11.5 Å². The minimum absolute atomic E-state index is 0.120. The van der Waals surface area contributed by atoms with Gasteiger partial charge in [0.1, 0.15) is 0 Å². The quantitative estimate of drug-likeness (QED) is 0.398. The Bertz CT molecular complexity index is 1100. The van der Waals surface area contributed by atoms with E-state index in [-0.39, 0.29) is 18.5 Å². The molecule has 1 saturated carbocycles. The van der Waals surface area contributed by atoms with Crippen LogP contribution in [0.3, 0.4) is 0 Å². The molecule has 0 saturated heterocycles. The highest BCUT2D eigenvalue weighted by atomic mass is 35.5. The highest BCUT2D eigenvalue weighted by Gasteiger charge is 2.35. The summed E-state index contributed by atoms with van der Waals surface area (Å²) in [5.74, 6) is 1.42. The third kappa shape index (κ3) is 5.00. The Morgan fingerprint density at radius 3 is 2.59 bits per heavy atom. The molecule has 32 heavy (non-hydrogen) atoms. The van der Waals surface area contributed by atoms with E-state index in [1.807, 2.05) is 6.92 Å². The molecule has 168 valence electrons. The molecular formula is C23H23Cl2N3O4. The lowest BCUT2D eigenvalue weighted by Crippen LogP contribution is -2.32. The second-order valence-corrected chi connectivity index (χ2v) is 8.35. The van der Waals surface area contributed by atoms with E-state index < -0.39 is 0 Å². The number of nitrogens with zero attached hydrogens (tertiary/aromatic N) is 3. The Labute approximate surface area is 196 Å². The van der Waals surface area contributed by atoms with Crippen LogP contribution in [-0.4, -0.2) is 40.8 Å². The summed E-state index contributed by atoms with van der Waals surface area (Å²) in [6.45, 7) is 2.71. The third-order valence-electron chi connectivity index (χ3n) is 5.04. The molecule has 1 aliphatic rings. The zero-order valence-corrected chi connectivity index (χ0v) is 19.3. The van der Waals surface area contributed by atoms with E-state index in [0.29, 0.717) is 45.5 Å². The van der Waals surface area contributed by atoms with Crippen LogP contribution in [0.1, 0.15) is 42.4 Å². The van der Waals surface area contributed by atoms with Gasteiger partial charge in [-0.3, -0.25) is 4.79 Å². The van der Waals surface area contributed by atoms with Crippen LogP contribution in [0.4, 0.5) is 0 Å². The van der Waals surface area contributed by atoms with Crippen molar-refractivity contribution < 1.29 is 18.7 Å². The SMILES string of the molecule is CCCOc1c(Cl)cc(C(=O)N(Cc2nnc(-c3ccc(Cl)cc3)o2)C2CC2)cc1OC. The van der Waals surface area contributed by atoms with Gasteiger partial charge in [0.05, 0.1) is 25.3 Å². The fourth-order valence-corrected chi connectivity index (χ4v) is 3.67. The summed E-state index contributed by atoms with van der Waals surface area (Å²) in [4.78, 5) is 15.1. The number of carbonyl (C=O) groups excluding carboxylic acids is 1. The van der Waals surface area contributed by atoms with E-state index in [2.05, 4.69) is 10.2 Å². The Morgan fingerprint density at radius 1 is 1.19 bits per heavy atom. The highest BCUT2D eigenvalue weighted by Crippen LogP contribution is 2.38. The number of aromatic nitrogens is 2. The first kappa shape index (κ1) is 22.4. The van der Waals surface area contributed by atoms with Gasteiger partial charge in [0.15, 0.2) is 11.5 Å². The van der Waals surface area contributed by atoms with Crippen LogP contribution in [0.25, 0.3) is 11.5 Å². The van der Waals surface area contributed by atoms with Gasteiger partial charge in [-0.1, -0.05) is 30.1 Å². The van der Waals surface area contributed by atoms with Gasteiger partial charge >= 0.3 is 0 Å². The highest BCUT2D eigenvalue weighted by molar-refractivity contribution is 6.32. The van der Waals surface area contributed by atoms with Gasteiger partial charge in [-0.25, -0.2) is 0 Å². The summed E-state index contributed by atoms with van der Waals surface area (Å²) >= 11 is 12.3. The van der Waals surface area contributed by atoms with Crippen molar-refractivity contribution >= 4 is 29.1 Å². The Hall–Kier alpha value is -2.77. The average molecular weight is 476 g/mol. The summed E-state index contributed by atoms with van der Waals surface area (Å²) in [7, 11) is 1.52. The molecule has 1 fully saturated rings. The van der Waals surface area contributed by atoms with E-state index in [9.17, 15) is 4.79 Å². The number of methoxy groups -OCH3 is 1. The summed E-state index contributed by atoms with van der Waals surface area (Å²) < 4.78 is 16.9. The maximum atomic E-state index is 13.4. The first-order valence-corrected chi connectivity index (χ1v) is 11.1. The van der Waals surface area contributed by atoms with Crippen molar-refractivity contribution in [3.63, 3.8) is 0 Å². The minimum Gasteiger partial charge on any atom is -0.493 e. The Balaban J connectivity index is 1.55. The summed E-state index contributed by atoms with van der Waals surface area (Å²) in [6, 6.07) is 10.5. The van der Waals surface area contributed by atoms with Gasteiger partial charge in [-0.05, 0) is 55.7 Å². The predicted octanol–water partition coefficient (Wildman–Crippen LogP) is 5.65. The molecule has 1 heterocycles. The zero-order chi connectivity index (χ0) is 22.7. The summed E-state index contributed by atoms with van der Waals surface area (Å²) in [5, 5.41) is 9.19. The lowest BCUT2D eigenvalue weighted by Gasteiger charge is -2.21. The van der Waals surface area contributed by atoms with Crippen LogP contribution >= 0.6 is 23.2 Å².